The normalized spacial score (nSPS) is 17.3. The van der Waals surface area contributed by atoms with Crippen LogP contribution in [-0.4, -0.2) is 48.9 Å². The van der Waals surface area contributed by atoms with Crippen LogP contribution in [-0.2, 0) is 18.3 Å². The number of aromatic nitrogens is 1. The van der Waals surface area contributed by atoms with Gasteiger partial charge < -0.3 is 14.6 Å². The van der Waals surface area contributed by atoms with Crippen molar-refractivity contribution < 1.29 is 4.74 Å². The summed E-state index contributed by atoms with van der Waals surface area (Å²) in [6.45, 7) is 11.4. The highest BCUT2D eigenvalue weighted by atomic mass is 16.5. The molecule has 1 saturated heterocycles. The molecule has 18 heavy (non-hydrogen) atoms. The van der Waals surface area contributed by atoms with Crippen LogP contribution in [0.1, 0.15) is 17.0 Å². The van der Waals surface area contributed by atoms with E-state index in [9.17, 15) is 0 Å². The standard InChI is InChI=1S/C14H25N3O/c1-12-10-14(13(2)16(12)3)11-15-4-5-17-6-8-18-9-7-17/h10,15H,4-9,11H2,1-3H3. The average molecular weight is 251 g/mol. The van der Waals surface area contributed by atoms with Gasteiger partial charge in [-0.15, -0.1) is 0 Å². The first-order chi connectivity index (χ1) is 8.68. The number of nitrogens with zero attached hydrogens (tertiary/aromatic N) is 2. The van der Waals surface area contributed by atoms with Crippen molar-refractivity contribution >= 4 is 0 Å². The number of morpholine rings is 1. The van der Waals surface area contributed by atoms with Crippen LogP contribution >= 0.6 is 0 Å². The van der Waals surface area contributed by atoms with Crippen LogP contribution in [0.3, 0.4) is 0 Å². The van der Waals surface area contributed by atoms with Gasteiger partial charge in [0.25, 0.3) is 0 Å². The summed E-state index contributed by atoms with van der Waals surface area (Å²) in [5, 5.41) is 3.53. The highest BCUT2D eigenvalue weighted by molar-refractivity contribution is 5.26. The van der Waals surface area contributed by atoms with Gasteiger partial charge in [0, 0.05) is 51.2 Å². The summed E-state index contributed by atoms with van der Waals surface area (Å²) in [7, 11) is 2.13. The Morgan fingerprint density at radius 1 is 1.28 bits per heavy atom. The zero-order valence-corrected chi connectivity index (χ0v) is 11.8. The molecule has 0 aromatic carbocycles. The van der Waals surface area contributed by atoms with Gasteiger partial charge in [0.15, 0.2) is 0 Å². The monoisotopic (exact) mass is 251 g/mol. The van der Waals surface area contributed by atoms with E-state index in [4.69, 9.17) is 4.74 Å². The van der Waals surface area contributed by atoms with Gasteiger partial charge >= 0.3 is 0 Å². The number of aryl methyl sites for hydroxylation is 1. The van der Waals surface area contributed by atoms with E-state index in [-0.39, 0.29) is 0 Å². The molecule has 0 atom stereocenters. The second-order valence-electron chi connectivity index (χ2n) is 5.09. The average Bonchev–Trinajstić information content (AvgIpc) is 2.64. The fourth-order valence-electron chi connectivity index (χ4n) is 2.40. The highest BCUT2D eigenvalue weighted by Gasteiger charge is 2.09. The van der Waals surface area contributed by atoms with E-state index >= 15 is 0 Å². The predicted octanol–water partition coefficient (Wildman–Crippen LogP) is 1.06. The lowest BCUT2D eigenvalue weighted by molar-refractivity contribution is 0.0384. The van der Waals surface area contributed by atoms with Gasteiger partial charge in [-0.05, 0) is 25.5 Å². The van der Waals surface area contributed by atoms with E-state index < -0.39 is 0 Å². The largest absolute Gasteiger partial charge is 0.379 e. The van der Waals surface area contributed by atoms with E-state index in [2.05, 4.69) is 41.7 Å². The van der Waals surface area contributed by atoms with Crippen LogP contribution in [0.2, 0.25) is 0 Å². The number of hydrogen-bond acceptors (Lipinski definition) is 3. The van der Waals surface area contributed by atoms with Gasteiger partial charge in [-0.3, -0.25) is 4.90 Å². The maximum absolute atomic E-state index is 5.34. The van der Waals surface area contributed by atoms with Gasteiger partial charge in [-0.2, -0.15) is 0 Å². The van der Waals surface area contributed by atoms with Gasteiger partial charge in [0.05, 0.1) is 13.2 Å². The molecule has 1 N–H and O–H groups in total. The van der Waals surface area contributed by atoms with Gasteiger partial charge in [-0.25, -0.2) is 0 Å². The molecule has 2 heterocycles. The van der Waals surface area contributed by atoms with Crippen molar-refractivity contribution in [3.8, 4) is 0 Å². The molecule has 1 aliphatic rings. The molecule has 0 amide bonds. The van der Waals surface area contributed by atoms with E-state index in [1.54, 1.807) is 0 Å². The molecule has 1 aliphatic heterocycles. The summed E-state index contributed by atoms with van der Waals surface area (Å²) in [6.07, 6.45) is 0. The molecule has 0 bridgehead atoms. The highest BCUT2D eigenvalue weighted by Crippen LogP contribution is 2.12. The fourth-order valence-corrected chi connectivity index (χ4v) is 2.40. The third-order valence-electron chi connectivity index (χ3n) is 3.90. The van der Waals surface area contributed by atoms with E-state index in [0.29, 0.717) is 0 Å². The van der Waals surface area contributed by atoms with Crippen molar-refractivity contribution in [1.29, 1.82) is 0 Å². The predicted molar refractivity (Wildman–Crippen MR) is 73.9 cm³/mol. The Bertz CT molecular complexity index is 381. The summed E-state index contributed by atoms with van der Waals surface area (Å²) in [5.41, 5.74) is 4.11. The zero-order chi connectivity index (χ0) is 13.0. The van der Waals surface area contributed by atoms with E-state index in [1.165, 1.54) is 17.0 Å². The smallest absolute Gasteiger partial charge is 0.0594 e. The Kier molecular flexibility index (Phi) is 4.80. The molecule has 0 aliphatic carbocycles. The molecule has 0 saturated carbocycles. The third kappa shape index (κ3) is 3.34. The summed E-state index contributed by atoms with van der Waals surface area (Å²) >= 11 is 0. The Balaban J connectivity index is 1.70. The number of nitrogens with one attached hydrogen (secondary N) is 1. The van der Waals surface area contributed by atoms with Crippen molar-refractivity contribution in [2.75, 3.05) is 39.4 Å². The van der Waals surface area contributed by atoms with E-state index in [1.807, 2.05) is 0 Å². The quantitative estimate of drug-likeness (QED) is 0.794. The van der Waals surface area contributed by atoms with Crippen LogP contribution in [0.5, 0.6) is 0 Å². The summed E-state index contributed by atoms with van der Waals surface area (Å²) in [5.74, 6) is 0. The minimum absolute atomic E-state index is 0.886. The Labute approximate surface area is 110 Å². The van der Waals surface area contributed by atoms with Gasteiger partial charge in [0.1, 0.15) is 0 Å². The van der Waals surface area contributed by atoms with Crippen molar-refractivity contribution in [2.45, 2.75) is 20.4 Å². The van der Waals surface area contributed by atoms with Crippen LogP contribution < -0.4 is 5.32 Å². The van der Waals surface area contributed by atoms with Crippen molar-refractivity contribution in [3.63, 3.8) is 0 Å². The third-order valence-corrected chi connectivity index (χ3v) is 3.90. The lowest BCUT2D eigenvalue weighted by atomic mass is 10.2. The fraction of sp³-hybridized carbons (Fsp3) is 0.714. The second kappa shape index (κ2) is 6.36. The zero-order valence-electron chi connectivity index (χ0n) is 11.8. The first-order valence-corrected chi connectivity index (χ1v) is 6.81. The lowest BCUT2D eigenvalue weighted by Crippen LogP contribution is -2.40. The SMILES string of the molecule is Cc1cc(CNCCN2CCOCC2)c(C)n1C. The first-order valence-electron chi connectivity index (χ1n) is 6.81. The molecule has 2 rings (SSSR count). The molecule has 1 fully saturated rings. The molecular formula is C14H25N3O. The number of hydrogen-bond donors (Lipinski definition) is 1. The molecule has 1 aromatic heterocycles. The molecule has 0 spiro atoms. The Morgan fingerprint density at radius 2 is 2.00 bits per heavy atom. The summed E-state index contributed by atoms with van der Waals surface area (Å²) < 4.78 is 7.59. The minimum Gasteiger partial charge on any atom is -0.379 e. The molecule has 102 valence electrons. The molecule has 0 radical (unpaired) electrons. The van der Waals surface area contributed by atoms with E-state index in [0.717, 1.165) is 45.9 Å². The molecular weight excluding hydrogens is 226 g/mol. The van der Waals surface area contributed by atoms with Gasteiger partial charge in [0.2, 0.25) is 0 Å². The summed E-state index contributed by atoms with van der Waals surface area (Å²) in [6, 6.07) is 2.27. The van der Waals surface area contributed by atoms with Crippen LogP contribution in [0.25, 0.3) is 0 Å². The van der Waals surface area contributed by atoms with Crippen molar-refractivity contribution in [1.82, 2.24) is 14.8 Å². The topological polar surface area (TPSA) is 29.4 Å². The molecule has 1 aromatic rings. The molecule has 4 heteroatoms. The minimum atomic E-state index is 0.886. The van der Waals surface area contributed by atoms with Gasteiger partial charge in [-0.1, -0.05) is 0 Å². The van der Waals surface area contributed by atoms with Crippen LogP contribution in [0, 0.1) is 13.8 Å². The first kappa shape index (κ1) is 13.6. The Morgan fingerprint density at radius 3 is 2.61 bits per heavy atom. The molecule has 4 nitrogen and oxygen atoms in total. The maximum Gasteiger partial charge on any atom is 0.0594 e. The number of rotatable bonds is 5. The second-order valence-corrected chi connectivity index (χ2v) is 5.09. The molecule has 0 unspecified atom stereocenters. The Hall–Kier alpha value is -0.840. The van der Waals surface area contributed by atoms with Crippen molar-refractivity contribution in [2.24, 2.45) is 7.05 Å². The number of ether oxygens (including phenoxy) is 1. The lowest BCUT2D eigenvalue weighted by Gasteiger charge is -2.26. The van der Waals surface area contributed by atoms with Crippen LogP contribution in [0.15, 0.2) is 6.07 Å². The summed E-state index contributed by atoms with van der Waals surface area (Å²) in [4.78, 5) is 2.46. The van der Waals surface area contributed by atoms with Crippen LogP contribution in [0.4, 0.5) is 0 Å². The maximum atomic E-state index is 5.34. The van der Waals surface area contributed by atoms with Crippen molar-refractivity contribution in [3.05, 3.63) is 23.0 Å².